The van der Waals surface area contributed by atoms with E-state index < -0.39 is 159 Å². The highest BCUT2D eigenvalue weighted by molar-refractivity contribution is 6.56. The van der Waals surface area contributed by atoms with Crippen molar-refractivity contribution in [3.05, 3.63) is 86.9 Å². The molecule has 6 rings (SSSR count). The number of halogens is 20. The van der Waals surface area contributed by atoms with Crippen LogP contribution in [-0.2, 0) is 18.3 Å². The highest BCUT2D eigenvalue weighted by Gasteiger charge is 2.49. The van der Waals surface area contributed by atoms with Crippen LogP contribution in [0.2, 0.25) is 0 Å². The first kappa shape index (κ1) is 36.5. The summed E-state index contributed by atoms with van der Waals surface area (Å²) in [5.41, 5.74) is -15.3. The van der Waals surface area contributed by atoms with Crippen LogP contribution in [0.25, 0.3) is 32.7 Å². The van der Waals surface area contributed by atoms with Gasteiger partial charge in [-0.05, 0) is 0 Å². The van der Waals surface area contributed by atoms with Gasteiger partial charge in [-0.25, -0.2) is 52.7 Å². The molecule has 3 heterocycles. The Morgan fingerprint density at radius 2 is 0.596 bits per heavy atom. The molecule has 6 aromatic rings. The lowest BCUT2D eigenvalue weighted by molar-refractivity contribution is -0.140. The van der Waals surface area contributed by atoms with Gasteiger partial charge in [-0.15, -0.1) is 0 Å². The molecule has 0 amide bonds. The summed E-state index contributed by atoms with van der Waals surface area (Å²) in [6.07, 6.45) is -12.4. The van der Waals surface area contributed by atoms with E-state index in [-0.39, 0.29) is 6.92 Å². The van der Waals surface area contributed by atoms with Gasteiger partial charge in [0.2, 0.25) is 0 Å². The van der Waals surface area contributed by atoms with Gasteiger partial charge in [0, 0.05) is 6.92 Å². The lowest BCUT2D eigenvalue weighted by atomic mass is 9.92. The molecular weight excluding hydrogens is 775 g/mol. The zero-order valence-electron chi connectivity index (χ0n) is 23.8. The highest BCUT2D eigenvalue weighted by Crippen LogP contribution is 2.43. The largest absolute Gasteiger partial charge is 0.570 e. The van der Waals surface area contributed by atoms with Crippen LogP contribution in [-0.4, -0.2) is 36.2 Å². The van der Waals surface area contributed by atoms with E-state index >= 15 is 17.6 Å². The van der Waals surface area contributed by atoms with Gasteiger partial charge < -0.3 is 0 Å². The highest BCUT2D eigenvalue weighted by atomic mass is 19.4. The second kappa shape index (κ2) is 11.1. The molecule has 3 aromatic heterocycles. The van der Waals surface area contributed by atoms with E-state index in [9.17, 15) is 70.2 Å². The number of rotatable bonds is 4. The standard InChI is InChI=1S/C25H3BF20N6/c1-23(39,40)20-2-5(27)8(30)11(33)14(36)17(2)50(47-20)26(51-18-3(21(48-51)24(41,42)43)6(28)9(31)12(34)15(18)37)52-19-4(22(49-52)25(44,45)46)7(29)10(32)13(35)16(19)38/h1H3. The third-order valence-electron chi connectivity index (χ3n) is 7.36. The molecule has 0 unspecified atom stereocenters. The summed E-state index contributed by atoms with van der Waals surface area (Å²) in [6, 6.07) is 0. The Morgan fingerprint density at radius 3 is 0.846 bits per heavy atom. The van der Waals surface area contributed by atoms with Gasteiger partial charge in [-0.1, -0.05) is 0 Å². The Morgan fingerprint density at radius 1 is 0.365 bits per heavy atom. The van der Waals surface area contributed by atoms with Gasteiger partial charge in [-0.2, -0.15) is 50.4 Å². The molecule has 0 aliphatic rings. The summed E-state index contributed by atoms with van der Waals surface area (Å²) in [5, 5.41) is 0.793. The van der Waals surface area contributed by atoms with Crippen LogP contribution in [0.1, 0.15) is 24.0 Å². The molecule has 0 aliphatic heterocycles. The van der Waals surface area contributed by atoms with E-state index in [4.69, 9.17) is 0 Å². The lowest BCUT2D eigenvalue weighted by Gasteiger charge is -2.18. The summed E-state index contributed by atoms with van der Waals surface area (Å²) in [5.74, 6) is -40.5. The number of alkyl halides is 8. The number of nitrogens with zero attached hydrogens (tertiary/aromatic N) is 6. The summed E-state index contributed by atoms with van der Waals surface area (Å²) in [7, 11) is -3.94. The first-order valence-electron chi connectivity index (χ1n) is 13.0. The molecule has 3 aromatic carbocycles. The fraction of sp³-hybridized carbons (Fsp3) is 0.160. The maximum absolute atomic E-state index is 15.4. The number of fused-ring (bicyclic) bond motifs is 3. The second-order valence-electron chi connectivity index (χ2n) is 10.5. The molecule has 52 heavy (non-hydrogen) atoms. The molecule has 0 saturated heterocycles. The average Bonchev–Trinajstić information content (AvgIpc) is 3.76. The van der Waals surface area contributed by atoms with Gasteiger partial charge in [-0.3, -0.25) is 13.8 Å². The molecule has 6 nitrogen and oxygen atoms in total. The van der Waals surface area contributed by atoms with Gasteiger partial charge in [0.25, 0.3) is 5.92 Å². The molecule has 0 atom stereocenters. The quantitative estimate of drug-likeness (QED) is 0.0782. The summed E-state index contributed by atoms with van der Waals surface area (Å²) < 4.78 is 289. The fourth-order valence-electron chi connectivity index (χ4n) is 5.29. The van der Waals surface area contributed by atoms with E-state index in [0.29, 0.717) is 0 Å². The number of aromatic nitrogens is 6. The zero-order chi connectivity index (χ0) is 39.1. The van der Waals surface area contributed by atoms with Crippen molar-refractivity contribution < 1.29 is 87.8 Å². The monoisotopic (exact) mass is 778 g/mol. The van der Waals surface area contributed by atoms with Crippen LogP contribution in [0, 0.1) is 69.8 Å². The van der Waals surface area contributed by atoms with Crippen molar-refractivity contribution in [1.29, 1.82) is 0 Å². The van der Waals surface area contributed by atoms with E-state index in [1.54, 1.807) is 0 Å². The minimum absolute atomic E-state index is 0.247. The Hall–Kier alpha value is -5.27. The number of hydrogen-bond donors (Lipinski definition) is 0. The van der Waals surface area contributed by atoms with Crippen LogP contribution >= 0.6 is 0 Å². The van der Waals surface area contributed by atoms with Crippen molar-refractivity contribution in [2.45, 2.75) is 25.2 Å². The smallest absolute Gasteiger partial charge is 0.257 e. The van der Waals surface area contributed by atoms with E-state index in [1.807, 2.05) is 0 Å². The van der Waals surface area contributed by atoms with Gasteiger partial charge in [0.05, 0.1) is 16.2 Å². The molecule has 276 valence electrons. The van der Waals surface area contributed by atoms with Crippen molar-refractivity contribution in [3.63, 3.8) is 0 Å². The first-order chi connectivity index (χ1) is 23.7. The third-order valence-corrected chi connectivity index (χ3v) is 7.36. The van der Waals surface area contributed by atoms with E-state index in [1.165, 1.54) is 0 Å². The molecule has 0 fully saturated rings. The molecule has 0 saturated carbocycles. The van der Waals surface area contributed by atoms with Crippen molar-refractivity contribution in [2.24, 2.45) is 0 Å². The van der Waals surface area contributed by atoms with Gasteiger partial charge in [0.1, 0.15) is 22.2 Å². The van der Waals surface area contributed by atoms with Crippen LogP contribution in [0.3, 0.4) is 0 Å². The van der Waals surface area contributed by atoms with Crippen molar-refractivity contribution in [3.8, 4) is 0 Å². The number of benzene rings is 3. The molecular formula is C25H3BF20N6. The Kier molecular flexibility index (Phi) is 7.81. The first-order valence-corrected chi connectivity index (χ1v) is 13.0. The lowest BCUT2D eigenvalue weighted by Crippen LogP contribution is -2.45. The maximum Gasteiger partial charge on any atom is 0.570 e. The predicted molar refractivity (Wildman–Crippen MR) is 130 cm³/mol. The molecule has 0 radical (unpaired) electrons. The number of hydrogen-bond acceptors (Lipinski definition) is 3. The van der Waals surface area contributed by atoms with Crippen molar-refractivity contribution in [2.75, 3.05) is 0 Å². The molecule has 0 bridgehead atoms. The van der Waals surface area contributed by atoms with E-state index in [2.05, 4.69) is 15.3 Å². The summed E-state index contributed by atoms with van der Waals surface area (Å²) in [4.78, 5) is 0. The average molecular weight is 778 g/mol. The topological polar surface area (TPSA) is 53.5 Å². The zero-order valence-corrected chi connectivity index (χ0v) is 23.8. The minimum Gasteiger partial charge on any atom is -0.257 e. The van der Waals surface area contributed by atoms with Crippen molar-refractivity contribution >= 4 is 39.8 Å². The molecule has 0 aliphatic carbocycles. The second-order valence-corrected chi connectivity index (χ2v) is 10.5. The predicted octanol–water partition coefficient (Wildman–Crippen LogP) is 8.48. The summed E-state index contributed by atoms with van der Waals surface area (Å²) in [6.45, 7) is -0.247. The normalized spacial score (nSPS) is 13.1. The summed E-state index contributed by atoms with van der Waals surface area (Å²) >= 11 is 0. The molecule has 27 heteroatoms. The Labute approximate surface area is 269 Å². The van der Waals surface area contributed by atoms with Gasteiger partial charge in [0.15, 0.2) is 81.2 Å². The van der Waals surface area contributed by atoms with Gasteiger partial charge >= 0.3 is 19.5 Å². The van der Waals surface area contributed by atoms with E-state index in [0.717, 1.165) is 0 Å². The SMILES string of the molecule is CC(F)(F)c1nn(B(n2nc(C(F)(F)F)c3c(F)c(F)c(F)c(F)c32)n2nc(C(F)(F)F)c3c(F)c(F)c(F)c(F)c32)c2c(F)c(F)c(F)c(F)c12. The Bertz CT molecular complexity index is 2250. The van der Waals surface area contributed by atoms with Crippen LogP contribution in [0.5, 0.6) is 0 Å². The van der Waals surface area contributed by atoms with Crippen LogP contribution < -0.4 is 0 Å². The Balaban J connectivity index is 1.99. The maximum atomic E-state index is 15.4. The van der Waals surface area contributed by atoms with Crippen LogP contribution in [0.15, 0.2) is 0 Å². The molecule has 0 N–H and O–H groups in total. The minimum atomic E-state index is -6.18. The molecule has 0 spiro atoms. The third kappa shape index (κ3) is 4.86. The van der Waals surface area contributed by atoms with Crippen LogP contribution in [0.4, 0.5) is 87.8 Å². The van der Waals surface area contributed by atoms with Crippen molar-refractivity contribution in [1.82, 2.24) is 29.1 Å². The fourth-order valence-corrected chi connectivity index (χ4v) is 5.29.